The van der Waals surface area contributed by atoms with E-state index in [1.54, 1.807) is 44.8 Å². The molecule has 1 amide bonds. The van der Waals surface area contributed by atoms with Crippen molar-refractivity contribution in [2.45, 2.75) is 211 Å². The van der Waals surface area contributed by atoms with Gasteiger partial charge in [-0.25, -0.2) is 5.48 Å². The van der Waals surface area contributed by atoms with Gasteiger partial charge in [0, 0.05) is 62.4 Å². The van der Waals surface area contributed by atoms with Crippen molar-refractivity contribution in [3.8, 4) is 11.3 Å². The van der Waals surface area contributed by atoms with Crippen molar-refractivity contribution >= 4 is 17.7 Å². The molecule has 4 aliphatic heterocycles. The Hall–Kier alpha value is -3.51. The third-order valence-electron chi connectivity index (χ3n) is 15.8. The molecule has 1 aromatic carbocycles. The molecule has 0 unspecified atom stereocenters. The van der Waals surface area contributed by atoms with E-state index in [4.69, 9.17) is 38.4 Å². The summed E-state index contributed by atoms with van der Waals surface area (Å²) in [4.78, 5) is 42.2. The summed E-state index contributed by atoms with van der Waals surface area (Å²) in [5.41, 5.74) is -0.144. The fraction of sp³-hybridized carbons (Fsp3) is 0.784. The molecule has 20 nitrogen and oxygen atoms in total. The molecule has 4 fully saturated rings. The lowest BCUT2D eigenvalue weighted by Crippen LogP contribution is -2.61. The lowest BCUT2D eigenvalue weighted by molar-refractivity contribution is -0.317. The van der Waals surface area contributed by atoms with Gasteiger partial charge in [0.05, 0.1) is 60.4 Å². The molecule has 0 spiro atoms. The van der Waals surface area contributed by atoms with Gasteiger partial charge in [0.25, 0.3) is 0 Å². The summed E-state index contributed by atoms with van der Waals surface area (Å²) in [6.45, 7) is 16.3. The molecule has 20 heteroatoms. The third-order valence-corrected chi connectivity index (χ3v) is 15.8. The van der Waals surface area contributed by atoms with Crippen molar-refractivity contribution in [2.24, 2.45) is 23.7 Å². The Kier molecular flexibility index (Phi) is 19.0. The van der Waals surface area contributed by atoms with E-state index in [1.165, 1.54) is 14.0 Å². The number of methoxy groups -OCH3 is 1. The molecular weight excluding hydrogens is 923 g/mol. The minimum Gasteiger partial charge on any atom is -0.459 e. The van der Waals surface area contributed by atoms with Crippen molar-refractivity contribution in [1.82, 2.24) is 25.4 Å². The number of nitrogens with one attached hydrogen (secondary N) is 1. The smallest absolute Gasteiger partial charge is 0.311 e. The van der Waals surface area contributed by atoms with Gasteiger partial charge >= 0.3 is 5.97 Å². The van der Waals surface area contributed by atoms with Gasteiger partial charge in [0.1, 0.15) is 35.4 Å². The largest absolute Gasteiger partial charge is 0.459 e. The number of ether oxygens (including phenoxy) is 7. The van der Waals surface area contributed by atoms with Crippen LogP contribution in [0, 0.1) is 23.7 Å². The Balaban J connectivity index is 1.29. The summed E-state index contributed by atoms with van der Waals surface area (Å²) in [7, 11) is 3.43. The number of esters is 1. The highest BCUT2D eigenvalue weighted by molar-refractivity contribution is 5.84. The van der Waals surface area contributed by atoms with Gasteiger partial charge in [-0.2, -0.15) is 0 Å². The van der Waals surface area contributed by atoms with E-state index in [0.717, 1.165) is 24.0 Å². The van der Waals surface area contributed by atoms with Gasteiger partial charge in [-0.05, 0) is 86.3 Å². The van der Waals surface area contributed by atoms with Crippen molar-refractivity contribution in [1.29, 1.82) is 0 Å². The first kappa shape index (κ1) is 56.8. The predicted octanol–water partition coefficient (Wildman–Crippen LogP) is 3.70. The van der Waals surface area contributed by atoms with E-state index in [1.807, 2.05) is 58.3 Å². The van der Waals surface area contributed by atoms with Crippen LogP contribution in [0.3, 0.4) is 0 Å². The molecule has 71 heavy (non-hydrogen) atoms. The third kappa shape index (κ3) is 12.7. The number of aromatic nitrogens is 3. The standard InChI is InChI=1S/C51H81N5O15/c1-12-38-51(9,63)44(60)29(3)41(58)34-23-50(8,66-27-34)46(30(4)43(31(5)47(62)69-38)70-40-24-49(7,65-11)45(61)32(6)68-40)71-48-42(59)37(22-28(2)67-48)55(10)25-33-18-15-16-19-35(33)36-26-56(54-52-36)21-17-13-14-20-39(57)53-64/h15-16,18-19,26,28-32,34,37-38,40,42-46,48,59-61,63-64H,12-14,17,20-25,27H2,1-11H3,(H,53,57)/t28-,29+,30+,31-,32+,34+,37+,38-,40+,42-,43+,44-,45+,46-,48+,49-,50-,51-/m1/s1. The minimum atomic E-state index is -2.00. The number of hydrogen-bond acceptors (Lipinski definition) is 18. The number of hydroxylamine groups is 1. The number of amides is 1. The van der Waals surface area contributed by atoms with Gasteiger partial charge in [0.15, 0.2) is 12.6 Å². The molecule has 400 valence electrons. The fourth-order valence-electron chi connectivity index (χ4n) is 11.3. The Labute approximate surface area is 417 Å². The highest BCUT2D eigenvalue weighted by Crippen LogP contribution is 2.45. The maximum Gasteiger partial charge on any atom is 0.311 e. The van der Waals surface area contributed by atoms with Gasteiger partial charge < -0.3 is 53.6 Å². The number of aryl methyl sites for hydroxylation is 1. The van der Waals surface area contributed by atoms with Gasteiger partial charge in [-0.3, -0.25) is 29.2 Å². The maximum absolute atomic E-state index is 14.5. The fourth-order valence-corrected chi connectivity index (χ4v) is 11.3. The number of fused-ring (bicyclic) bond motifs is 2. The quantitative estimate of drug-likeness (QED) is 0.0606. The Morgan fingerprint density at radius 1 is 0.972 bits per heavy atom. The number of nitrogens with zero attached hydrogens (tertiary/aromatic N) is 4. The monoisotopic (exact) mass is 1000 g/mol. The normalized spacial score (nSPS) is 39.5. The van der Waals surface area contributed by atoms with Crippen LogP contribution in [0.1, 0.15) is 119 Å². The number of Topliss-reactive ketones (excluding diaryl/α,β-unsaturated/α-hetero) is 1. The first-order valence-electron chi connectivity index (χ1n) is 25.4. The molecule has 2 aromatic rings. The van der Waals surface area contributed by atoms with Crippen LogP contribution in [0.25, 0.3) is 11.3 Å². The van der Waals surface area contributed by atoms with Crippen molar-refractivity contribution < 1.29 is 73.2 Å². The number of aliphatic hydroxyl groups excluding tert-OH is 3. The van der Waals surface area contributed by atoms with Crippen molar-refractivity contribution in [3.63, 3.8) is 0 Å². The van der Waals surface area contributed by atoms with Crippen molar-refractivity contribution in [3.05, 3.63) is 36.0 Å². The Morgan fingerprint density at radius 3 is 2.38 bits per heavy atom. The summed E-state index contributed by atoms with van der Waals surface area (Å²) in [5.74, 6) is -5.06. The van der Waals surface area contributed by atoms with E-state index in [2.05, 4.69) is 15.2 Å². The number of carbonyl (C=O) groups is 3. The van der Waals surface area contributed by atoms with E-state index in [9.17, 15) is 34.8 Å². The van der Waals surface area contributed by atoms with Crippen LogP contribution in [-0.2, 0) is 60.6 Å². The molecule has 0 saturated carbocycles. The summed E-state index contributed by atoms with van der Waals surface area (Å²) in [6, 6.07) is 7.40. The molecule has 18 atom stereocenters. The number of ketones is 1. The van der Waals surface area contributed by atoms with E-state index >= 15 is 0 Å². The van der Waals surface area contributed by atoms with Crippen LogP contribution >= 0.6 is 0 Å². The molecule has 6 rings (SSSR count). The Bertz CT molecular complexity index is 2090. The van der Waals surface area contributed by atoms with Crippen LogP contribution < -0.4 is 5.48 Å². The van der Waals surface area contributed by atoms with E-state index in [-0.39, 0.29) is 44.2 Å². The van der Waals surface area contributed by atoms with Crippen LogP contribution in [0.4, 0.5) is 0 Å². The maximum atomic E-state index is 14.5. The second-order valence-corrected chi connectivity index (χ2v) is 21.4. The van der Waals surface area contributed by atoms with Gasteiger partial charge in [-0.15, -0.1) is 5.10 Å². The molecule has 4 saturated heterocycles. The second kappa shape index (κ2) is 23.8. The number of aliphatic hydroxyl groups is 4. The Morgan fingerprint density at radius 2 is 1.69 bits per heavy atom. The molecule has 1 aromatic heterocycles. The van der Waals surface area contributed by atoms with Crippen LogP contribution in [0.2, 0.25) is 0 Å². The summed E-state index contributed by atoms with van der Waals surface area (Å²) in [6.07, 6.45) is -5.22. The summed E-state index contributed by atoms with van der Waals surface area (Å²) in [5, 5.41) is 64.5. The van der Waals surface area contributed by atoms with Crippen LogP contribution in [0.15, 0.2) is 30.5 Å². The number of unbranched alkanes of at least 4 members (excludes halogenated alkanes) is 2. The van der Waals surface area contributed by atoms with Gasteiger partial charge in [0.2, 0.25) is 5.91 Å². The second-order valence-electron chi connectivity index (χ2n) is 21.4. The van der Waals surface area contributed by atoms with Crippen LogP contribution in [0.5, 0.6) is 0 Å². The number of hydrogen-bond donors (Lipinski definition) is 6. The molecule has 0 radical (unpaired) electrons. The lowest BCUT2D eigenvalue weighted by atomic mass is 9.75. The minimum absolute atomic E-state index is 0.0172. The van der Waals surface area contributed by atoms with E-state index < -0.39 is 114 Å². The van der Waals surface area contributed by atoms with Crippen LogP contribution in [-0.4, -0.2) is 168 Å². The topological polar surface area (TPSA) is 263 Å². The zero-order valence-electron chi connectivity index (χ0n) is 43.4. The lowest BCUT2D eigenvalue weighted by Gasteiger charge is -2.49. The van der Waals surface area contributed by atoms with Crippen molar-refractivity contribution in [2.75, 3.05) is 20.8 Å². The first-order chi connectivity index (χ1) is 33.5. The molecule has 4 aliphatic rings. The molecule has 0 aliphatic carbocycles. The SMILES string of the molecule is CC[C@H]1OC(=O)[C@H](C)[C@@H](O[C@H]2C[C@@](C)(OC)[C@@H](O)[C@H](C)O2)[C@H](C)[C@@H](O[C@@H]2O[C@H](C)C[C@H](N(C)Cc3ccccc3-c3cn(CCCCCC(=O)NO)nn3)[C@H]2O)[C@@]2(C)C[C@@H](CO2)C(=O)[C@H](C)[C@@H](O)[C@]1(C)O. The summed E-state index contributed by atoms with van der Waals surface area (Å²) < 4.78 is 46.8. The number of likely N-dealkylation sites (N-methyl/N-ethyl adjacent to an activating group) is 1. The highest BCUT2D eigenvalue weighted by Gasteiger charge is 2.56. The number of rotatable bonds is 16. The molecular formula is C51H81N5O15. The zero-order valence-corrected chi connectivity index (χ0v) is 43.4. The molecule has 6 N–H and O–H groups in total. The number of benzene rings is 1. The van der Waals surface area contributed by atoms with E-state index in [0.29, 0.717) is 31.6 Å². The number of carbonyl (C=O) groups excluding carboxylic acids is 3. The predicted molar refractivity (Wildman–Crippen MR) is 256 cm³/mol. The first-order valence-corrected chi connectivity index (χ1v) is 25.4. The highest BCUT2D eigenvalue weighted by atomic mass is 16.7. The summed E-state index contributed by atoms with van der Waals surface area (Å²) >= 11 is 0. The average molecular weight is 1000 g/mol. The van der Waals surface area contributed by atoms with Gasteiger partial charge in [-0.1, -0.05) is 56.7 Å². The molecule has 5 heterocycles. The average Bonchev–Trinajstić information content (AvgIpc) is 3.99. The zero-order chi connectivity index (χ0) is 52.2. The number of cyclic esters (lactones) is 1. The molecule has 2 bridgehead atoms.